The van der Waals surface area contributed by atoms with Gasteiger partial charge >= 0.3 is 0 Å². The third-order valence-electron chi connectivity index (χ3n) is 4.95. The first-order chi connectivity index (χ1) is 8.59. The van der Waals surface area contributed by atoms with Crippen LogP contribution in [0, 0.1) is 37.4 Å². The molecule has 98 valence electrons. The van der Waals surface area contributed by atoms with Crippen LogP contribution in [0.4, 0.5) is 4.39 Å². The molecule has 0 bridgehead atoms. The van der Waals surface area contributed by atoms with Gasteiger partial charge < -0.3 is 5.73 Å². The van der Waals surface area contributed by atoms with Crippen molar-refractivity contribution in [3.8, 4) is 0 Å². The van der Waals surface area contributed by atoms with E-state index in [1.807, 2.05) is 19.9 Å². The molecule has 0 saturated heterocycles. The van der Waals surface area contributed by atoms with Crippen molar-refractivity contribution < 1.29 is 4.39 Å². The number of halogens is 1. The molecule has 2 fully saturated rings. The van der Waals surface area contributed by atoms with Crippen LogP contribution in [0.15, 0.2) is 12.1 Å². The standard InChI is InChI=1S/C16H22FN/c1-9-7-10(2)14(13(17)8-9)16(18)15-11-5-3-4-6-12(11)15/h7-8,11-12,15-16H,3-6,18H2,1-2H3. The summed E-state index contributed by atoms with van der Waals surface area (Å²) in [6, 6.07) is 3.57. The number of aryl methyl sites for hydroxylation is 2. The summed E-state index contributed by atoms with van der Waals surface area (Å²) >= 11 is 0. The fourth-order valence-corrected chi connectivity index (χ4v) is 4.12. The third-order valence-corrected chi connectivity index (χ3v) is 4.95. The van der Waals surface area contributed by atoms with Gasteiger partial charge in [0, 0.05) is 11.6 Å². The molecular weight excluding hydrogens is 225 g/mol. The molecule has 2 aliphatic carbocycles. The van der Waals surface area contributed by atoms with Crippen molar-refractivity contribution in [2.24, 2.45) is 23.5 Å². The van der Waals surface area contributed by atoms with Crippen LogP contribution < -0.4 is 5.73 Å². The number of hydrogen-bond donors (Lipinski definition) is 1. The molecule has 0 amide bonds. The highest BCUT2D eigenvalue weighted by atomic mass is 19.1. The monoisotopic (exact) mass is 247 g/mol. The zero-order valence-corrected chi connectivity index (χ0v) is 11.2. The SMILES string of the molecule is Cc1cc(C)c(C(N)C2C3CCCCC32)c(F)c1. The Bertz CT molecular complexity index is 433. The van der Waals surface area contributed by atoms with Gasteiger partial charge in [0.05, 0.1) is 0 Å². The van der Waals surface area contributed by atoms with Gasteiger partial charge in [-0.25, -0.2) is 4.39 Å². The maximum absolute atomic E-state index is 14.1. The number of nitrogens with two attached hydrogens (primary N) is 1. The van der Waals surface area contributed by atoms with E-state index in [1.54, 1.807) is 6.07 Å². The summed E-state index contributed by atoms with van der Waals surface area (Å²) in [7, 11) is 0. The van der Waals surface area contributed by atoms with Gasteiger partial charge in [0.15, 0.2) is 0 Å². The van der Waals surface area contributed by atoms with Crippen LogP contribution in [0.2, 0.25) is 0 Å². The highest BCUT2D eigenvalue weighted by Crippen LogP contribution is 2.60. The van der Waals surface area contributed by atoms with Crippen molar-refractivity contribution in [3.05, 3.63) is 34.6 Å². The normalized spacial score (nSPS) is 31.9. The van der Waals surface area contributed by atoms with Gasteiger partial charge in [0.25, 0.3) is 0 Å². The molecule has 0 aliphatic heterocycles. The second-order valence-corrected chi connectivity index (χ2v) is 6.19. The Balaban J connectivity index is 1.87. The molecule has 2 aliphatic rings. The highest BCUT2D eigenvalue weighted by molar-refractivity contribution is 5.35. The summed E-state index contributed by atoms with van der Waals surface area (Å²) in [6.45, 7) is 3.92. The van der Waals surface area contributed by atoms with Crippen molar-refractivity contribution in [2.45, 2.75) is 45.6 Å². The highest BCUT2D eigenvalue weighted by Gasteiger charge is 2.53. The lowest BCUT2D eigenvalue weighted by Crippen LogP contribution is -2.17. The van der Waals surface area contributed by atoms with E-state index in [2.05, 4.69) is 0 Å². The van der Waals surface area contributed by atoms with Crippen LogP contribution in [0.5, 0.6) is 0 Å². The molecule has 0 heterocycles. The lowest BCUT2D eigenvalue weighted by Gasteiger charge is -2.17. The van der Waals surface area contributed by atoms with Crippen molar-refractivity contribution >= 4 is 0 Å². The van der Waals surface area contributed by atoms with Crippen LogP contribution in [-0.2, 0) is 0 Å². The molecule has 18 heavy (non-hydrogen) atoms. The van der Waals surface area contributed by atoms with Gasteiger partial charge in [0.2, 0.25) is 0 Å². The van der Waals surface area contributed by atoms with Crippen molar-refractivity contribution in [1.82, 2.24) is 0 Å². The molecule has 3 rings (SSSR count). The second kappa shape index (κ2) is 4.34. The lowest BCUT2D eigenvalue weighted by atomic mass is 9.94. The van der Waals surface area contributed by atoms with Crippen LogP contribution in [0.25, 0.3) is 0 Å². The summed E-state index contributed by atoms with van der Waals surface area (Å²) in [5, 5.41) is 0. The molecule has 0 spiro atoms. The summed E-state index contributed by atoms with van der Waals surface area (Å²) in [5.74, 6) is 1.97. The fraction of sp³-hybridized carbons (Fsp3) is 0.625. The van der Waals surface area contributed by atoms with E-state index >= 15 is 0 Å². The van der Waals surface area contributed by atoms with E-state index in [1.165, 1.54) is 25.7 Å². The molecule has 1 aromatic rings. The molecule has 1 aromatic carbocycles. The quantitative estimate of drug-likeness (QED) is 0.843. The minimum Gasteiger partial charge on any atom is -0.324 e. The van der Waals surface area contributed by atoms with Gasteiger partial charge in [-0.3, -0.25) is 0 Å². The number of fused-ring (bicyclic) bond motifs is 1. The van der Waals surface area contributed by atoms with Crippen LogP contribution >= 0.6 is 0 Å². The molecule has 2 saturated carbocycles. The summed E-state index contributed by atoms with van der Waals surface area (Å²) in [5.41, 5.74) is 9.13. The minimum absolute atomic E-state index is 0.0984. The first-order valence-electron chi connectivity index (χ1n) is 7.12. The second-order valence-electron chi connectivity index (χ2n) is 6.19. The van der Waals surface area contributed by atoms with E-state index in [-0.39, 0.29) is 11.9 Å². The van der Waals surface area contributed by atoms with Crippen molar-refractivity contribution in [2.75, 3.05) is 0 Å². The average molecular weight is 247 g/mol. The Morgan fingerprint density at radius 1 is 1.17 bits per heavy atom. The van der Waals surface area contributed by atoms with Crippen LogP contribution in [0.1, 0.15) is 48.4 Å². The number of hydrogen-bond acceptors (Lipinski definition) is 1. The summed E-state index contributed by atoms with van der Waals surface area (Å²) in [4.78, 5) is 0. The van der Waals surface area contributed by atoms with E-state index in [0.717, 1.165) is 28.5 Å². The Morgan fingerprint density at radius 3 is 2.33 bits per heavy atom. The molecule has 1 nitrogen and oxygen atoms in total. The third kappa shape index (κ3) is 1.87. The van der Waals surface area contributed by atoms with Crippen molar-refractivity contribution in [1.29, 1.82) is 0 Å². The average Bonchev–Trinajstić information content (AvgIpc) is 3.01. The topological polar surface area (TPSA) is 26.0 Å². The number of rotatable bonds is 2. The smallest absolute Gasteiger partial charge is 0.128 e. The molecule has 0 aromatic heterocycles. The van der Waals surface area contributed by atoms with Crippen LogP contribution in [-0.4, -0.2) is 0 Å². The van der Waals surface area contributed by atoms with E-state index < -0.39 is 0 Å². The first-order valence-corrected chi connectivity index (χ1v) is 7.12. The Kier molecular flexibility index (Phi) is 2.93. The zero-order chi connectivity index (χ0) is 12.9. The lowest BCUT2D eigenvalue weighted by molar-refractivity contribution is 0.480. The summed E-state index contributed by atoms with van der Waals surface area (Å²) in [6.07, 6.45) is 5.27. The summed E-state index contributed by atoms with van der Waals surface area (Å²) < 4.78 is 14.1. The van der Waals surface area contributed by atoms with E-state index in [9.17, 15) is 4.39 Å². The largest absolute Gasteiger partial charge is 0.324 e. The van der Waals surface area contributed by atoms with Gasteiger partial charge in [0.1, 0.15) is 5.82 Å². The molecule has 3 atom stereocenters. The Labute approximate surface area is 109 Å². The fourth-order valence-electron chi connectivity index (χ4n) is 4.12. The van der Waals surface area contributed by atoms with Gasteiger partial charge in [-0.2, -0.15) is 0 Å². The first kappa shape index (κ1) is 12.2. The molecule has 2 heteroatoms. The van der Waals surface area contributed by atoms with Crippen LogP contribution in [0.3, 0.4) is 0 Å². The molecule has 2 N–H and O–H groups in total. The number of benzene rings is 1. The molecule has 3 unspecified atom stereocenters. The predicted molar refractivity (Wildman–Crippen MR) is 71.7 cm³/mol. The van der Waals surface area contributed by atoms with E-state index in [4.69, 9.17) is 5.73 Å². The maximum Gasteiger partial charge on any atom is 0.128 e. The molecule has 0 radical (unpaired) electrons. The molecular formula is C16H22FN. The van der Waals surface area contributed by atoms with Crippen molar-refractivity contribution in [3.63, 3.8) is 0 Å². The predicted octanol–water partition coefficient (Wildman–Crippen LogP) is 3.88. The zero-order valence-electron chi connectivity index (χ0n) is 11.2. The maximum atomic E-state index is 14.1. The van der Waals surface area contributed by atoms with Gasteiger partial charge in [-0.05, 0) is 61.6 Å². The van der Waals surface area contributed by atoms with E-state index in [0.29, 0.717) is 5.92 Å². The minimum atomic E-state index is -0.108. The van der Waals surface area contributed by atoms with Gasteiger partial charge in [-0.15, -0.1) is 0 Å². The Morgan fingerprint density at radius 2 is 1.78 bits per heavy atom. The Hall–Kier alpha value is -0.890. The van der Waals surface area contributed by atoms with Gasteiger partial charge in [-0.1, -0.05) is 18.9 Å².